The van der Waals surface area contributed by atoms with Crippen molar-refractivity contribution in [1.82, 2.24) is 4.90 Å². The van der Waals surface area contributed by atoms with E-state index in [1.54, 1.807) is 14.7 Å². The molecule has 4 aliphatic rings. The molecule has 0 bridgehead atoms. The molecule has 0 aliphatic carbocycles. The smallest absolute Gasteiger partial charge is 0.264 e. The van der Waals surface area contributed by atoms with Gasteiger partial charge in [-0.15, -0.1) is 0 Å². The third-order valence-corrected chi connectivity index (χ3v) is 14.3. The normalized spacial score (nSPS) is 24.4. The van der Waals surface area contributed by atoms with Crippen molar-refractivity contribution in [3.63, 3.8) is 0 Å². The lowest BCUT2D eigenvalue weighted by Crippen LogP contribution is -2.46. The molecule has 2 N–H and O–H groups in total. The Kier molecular flexibility index (Phi) is 10.8. The van der Waals surface area contributed by atoms with Crippen LogP contribution in [0.4, 0.5) is 17.1 Å². The predicted molar refractivity (Wildman–Crippen MR) is 209 cm³/mol. The van der Waals surface area contributed by atoms with Crippen molar-refractivity contribution in [1.29, 1.82) is 0 Å². The largest absolute Gasteiger partial charge is 0.432 e. The summed E-state index contributed by atoms with van der Waals surface area (Å²) >= 11 is 0. The predicted octanol–water partition coefficient (Wildman–Crippen LogP) is 5.48. The minimum atomic E-state index is -3.09. The summed E-state index contributed by atoms with van der Waals surface area (Å²) in [7, 11) is -3.09. The molecule has 3 saturated heterocycles. The number of nitrogens with zero attached hydrogens (tertiary/aromatic N) is 4. The van der Waals surface area contributed by atoms with E-state index in [0.717, 1.165) is 42.5 Å². The van der Waals surface area contributed by atoms with Gasteiger partial charge in [0.2, 0.25) is 17.7 Å². The molecule has 0 saturated carbocycles. The first-order valence-corrected chi connectivity index (χ1v) is 22.4. The molecule has 3 aromatic rings. The molecule has 3 fully saturated rings. The zero-order chi connectivity index (χ0) is 38.2. The molecule has 4 atom stereocenters. The van der Waals surface area contributed by atoms with E-state index in [1.807, 2.05) is 97.7 Å². The van der Waals surface area contributed by atoms with E-state index >= 15 is 4.79 Å². The lowest BCUT2D eigenvalue weighted by atomic mass is 9.82. The summed E-state index contributed by atoms with van der Waals surface area (Å²) in [5, 5.41) is 9.91. The van der Waals surface area contributed by atoms with E-state index in [4.69, 9.17) is 4.74 Å². The molecule has 12 heteroatoms. The maximum atomic E-state index is 15.2. The molecule has 3 aromatic carbocycles. The highest BCUT2D eigenvalue weighted by atomic mass is 28.4. The number of aliphatic hydroxyl groups is 1. The van der Waals surface area contributed by atoms with Gasteiger partial charge in [0.1, 0.15) is 0 Å². The highest BCUT2D eigenvalue weighted by Crippen LogP contribution is 2.60. The van der Waals surface area contributed by atoms with Gasteiger partial charge in [-0.25, -0.2) is 0 Å². The first-order chi connectivity index (χ1) is 25.9. The molecule has 286 valence electrons. The zero-order valence-corrected chi connectivity index (χ0v) is 32.6. The van der Waals surface area contributed by atoms with Gasteiger partial charge in [0, 0.05) is 67.4 Å². The van der Waals surface area contributed by atoms with E-state index in [-0.39, 0.29) is 49.7 Å². The van der Waals surface area contributed by atoms with E-state index in [9.17, 15) is 24.3 Å². The lowest BCUT2D eigenvalue weighted by molar-refractivity contribution is -0.150. The third-order valence-electron chi connectivity index (χ3n) is 11.8. The minimum Gasteiger partial charge on any atom is -0.432 e. The summed E-state index contributed by atoms with van der Waals surface area (Å²) in [5.41, 5.74) is 2.56. The van der Waals surface area contributed by atoms with Crippen molar-refractivity contribution >= 4 is 49.0 Å². The fourth-order valence-corrected chi connectivity index (χ4v) is 11.8. The number of amides is 4. The van der Waals surface area contributed by atoms with E-state index in [2.05, 4.69) is 0 Å². The topological polar surface area (TPSA) is 131 Å². The van der Waals surface area contributed by atoms with Crippen LogP contribution in [0.15, 0.2) is 72.8 Å². The van der Waals surface area contributed by atoms with Crippen LogP contribution in [0.3, 0.4) is 0 Å². The number of fused-ring (bicyclic) bond motifs is 2. The third kappa shape index (κ3) is 7.12. The molecule has 4 heterocycles. The number of benzene rings is 3. The number of anilines is 3. The summed E-state index contributed by atoms with van der Waals surface area (Å²) < 4.78 is 7.04. The van der Waals surface area contributed by atoms with Crippen molar-refractivity contribution in [3.8, 4) is 0 Å². The van der Waals surface area contributed by atoms with Crippen LogP contribution in [-0.4, -0.2) is 79.1 Å². The Morgan fingerprint density at radius 3 is 2.15 bits per heavy atom. The number of hydrogen-bond donors (Lipinski definition) is 2. The Labute approximate surface area is 318 Å². The van der Waals surface area contributed by atoms with Crippen molar-refractivity contribution in [2.45, 2.75) is 95.3 Å². The molecule has 7 rings (SSSR count). The van der Waals surface area contributed by atoms with Gasteiger partial charge in [0.05, 0.1) is 31.4 Å². The molecule has 0 unspecified atom stereocenters. The number of carbonyl (C=O) groups is 4. The first kappa shape index (κ1) is 37.9. The van der Waals surface area contributed by atoms with Gasteiger partial charge in [0.15, 0.2) is 13.9 Å². The quantitative estimate of drug-likeness (QED) is 0.248. The number of hydrogen-bond acceptors (Lipinski definition) is 7. The number of carbonyl (C=O) groups excluding carboxylic acids is 4. The Morgan fingerprint density at radius 2 is 1.52 bits per heavy atom. The van der Waals surface area contributed by atoms with Crippen LogP contribution < -0.4 is 14.7 Å². The highest BCUT2D eigenvalue weighted by molar-refractivity contribution is 6.71. The number of rotatable bonds is 11. The summed E-state index contributed by atoms with van der Waals surface area (Å²) in [6, 6.07) is 23.0. The Bertz CT molecular complexity index is 1900. The molecular weight excluding hydrogens is 701 g/mol. The summed E-state index contributed by atoms with van der Waals surface area (Å²) in [6.07, 6.45) is 3.66. The SMILES string of the molecule is C[C@H]1[C@H]([Si](C)(C)O)[C@@H](CC(=O)N(CCO)Cc2ccccc2)O[C@]12C(=O)N(Cc1cccc(N3CCCCC3=O)c1)c1ccc(N3CCCCC3=O)cc12. The average Bonchev–Trinajstić information content (AvgIpc) is 3.58. The van der Waals surface area contributed by atoms with Crippen molar-refractivity contribution in [3.05, 3.63) is 89.5 Å². The van der Waals surface area contributed by atoms with Crippen LogP contribution in [0.5, 0.6) is 0 Å². The zero-order valence-electron chi connectivity index (χ0n) is 31.6. The molecular formula is C42H52N4O7Si. The van der Waals surface area contributed by atoms with Crippen LogP contribution in [0.1, 0.15) is 68.6 Å². The number of ether oxygens (including phenoxy) is 1. The highest BCUT2D eigenvalue weighted by Gasteiger charge is 2.66. The summed E-state index contributed by atoms with van der Waals surface area (Å²) in [4.78, 5) is 74.1. The van der Waals surface area contributed by atoms with Gasteiger partial charge in [-0.1, -0.05) is 49.4 Å². The minimum absolute atomic E-state index is 0.0357. The fourth-order valence-electron chi connectivity index (χ4n) is 9.27. The second-order valence-electron chi connectivity index (χ2n) is 15.9. The molecule has 11 nitrogen and oxygen atoms in total. The van der Waals surface area contributed by atoms with Crippen LogP contribution in [0.25, 0.3) is 0 Å². The summed E-state index contributed by atoms with van der Waals surface area (Å²) in [5.74, 6) is -0.889. The lowest BCUT2D eigenvalue weighted by Gasteiger charge is -2.33. The molecule has 4 amide bonds. The van der Waals surface area contributed by atoms with E-state index in [1.165, 1.54) is 0 Å². The van der Waals surface area contributed by atoms with Crippen LogP contribution >= 0.6 is 0 Å². The fraction of sp³-hybridized carbons (Fsp3) is 0.476. The Morgan fingerprint density at radius 1 is 0.870 bits per heavy atom. The van der Waals surface area contributed by atoms with Gasteiger partial charge in [-0.05, 0) is 80.2 Å². The van der Waals surface area contributed by atoms with Crippen LogP contribution in [0, 0.1) is 5.92 Å². The monoisotopic (exact) mass is 752 g/mol. The van der Waals surface area contributed by atoms with E-state index < -0.39 is 31.5 Å². The molecule has 1 spiro atoms. The van der Waals surface area contributed by atoms with Gasteiger partial charge in [-0.3, -0.25) is 19.2 Å². The second kappa shape index (κ2) is 15.4. The Hall–Kier alpha value is -4.36. The average molecular weight is 753 g/mol. The molecule has 54 heavy (non-hydrogen) atoms. The first-order valence-electron chi connectivity index (χ1n) is 19.4. The van der Waals surface area contributed by atoms with Gasteiger partial charge in [-0.2, -0.15) is 0 Å². The number of aliphatic hydroxyl groups excluding tert-OH is 1. The van der Waals surface area contributed by atoms with Crippen molar-refractivity contribution < 1.29 is 33.8 Å². The van der Waals surface area contributed by atoms with Crippen molar-refractivity contribution in [2.24, 2.45) is 5.92 Å². The molecule has 0 radical (unpaired) electrons. The van der Waals surface area contributed by atoms with Crippen LogP contribution in [0.2, 0.25) is 18.6 Å². The number of piperidine rings is 2. The van der Waals surface area contributed by atoms with Gasteiger partial charge in [0.25, 0.3) is 5.91 Å². The standard InChI is InChI=1S/C42H52N4O7Si/c1-29-40(54(2,3)52)36(26-39(50)43(22-23-47)27-30-12-5-4-6-13-30)53-42(29)34-25-33(45-21-10-8-17-38(45)49)18-19-35(34)46(41(42)51)28-31-14-11-15-32(24-31)44-20-9-7-16-37(44)48/h4-6,11-15,18-19,24-25,29,36,40,47,52H,7-10,16-17,20-23,26-28H2,1-3H3/t29-,36+,40-,42+/m0/s1. The van der Waals surface area contributed by atoms with Gasteiger partial charge < -0.3 is 34.2 Å². The maximum Gasteiger partial charge on any atom is 0.264 e. The van der Waals surface area contributed by atoms with Crippen LogP contribution in [-0.2, 0) is 42.6 Å². The van der Waals surface area contributed by atoms with Gasteiger partial charge >= 0.3 is 0 Å². The van der Waals surface area contributed by atoms with Crippen molar-refractivity contribution in [2.75, 3.05) is 40.9 Å². The summed E-state index contributed by atoms with van der Waals surface area (Å²) in [6.45, 7) is 7.30. The Balaban J connectivity index is 1.27. The second-order valence-corrected chi connectivity index (χ2v) is 19.8. The maximum absolute atomic E-state index is 15.2. The van der Waals surface area contributed by atoms with E-state index in [0.29, 0.717) is 49.4 Å². The molecule has 4 aliphatic heterocycles. The molecule has 0 aromatic heterocycles.